The minimum Gasteiger partial charge on any atom is -0.336 e. The van der Waals surface area contributed by atoms with Gasteiger partial charge in [0.15, 0.2) is 0 Å². The maximum Gasteiger partial charge on any atom is 0.226 e. The van der Waals surface area contributed by atoms with Gasteiger partial charge in [-0.15, -0.1) is 0 Å². The molecule has 3 saturated heterocycles. The third-order valence-electron chi connectivity index (χ3n) is 8.50. The predicted molar refractivity (Wildman–Crippen MR) is 125 cm³/mol. The Bertz CT molecular complexity index is 768. The lowest BCUT2D eigenvalue weighted by atomic mass is 9.80. The third kappa shape index (κ3) is 4.55. The summed E-state index contributed by atoms with van der Waals surface area (Å²) in [6, 6.07) is 8.93. The van der Waals surface area contributed by atoms with Crippen molar-refractivity contribution in [3.63, 3.8) is 0 Å². The Kier molecular flexibility index (Phi) is 6.36. The van der Waals surface area contributed by atoms with Gasteiger partial charge in [0.2, 0.25) is 5.91 Å². The second kappa shape index (κ2) is 9.21. The second-order valence-electron chi connectivity index (χ2n) is 10.7. The SMILES string of the molecule is CN1CCC(C(=O)N2Cc3ccccc3CC3(CCCCN3CC3CCNC3)C2)CC1. The molecule has 1 aromatic carbocycles. The average molecular weight is 425 g/mol. The van der Waals surface area contributed by atoms with E-state index in [1.165, 1.54) is 49.9 Å². The van der Waals surface area contributed by atoms with Gasteiger partial charge >= 0.3 is 0 Å². The first-order valence-corrected chi connectivity index (χ1v) is 12.6. The summed E-state index contributed by atoms with van der Waals surface area (Å²) in [5.41, 5.74) is 2.94. The molecule has 3 fully saturated rings. The summed E-state index contributed by atoms with van der Waals surface area (Å²) in [6.07, 6.45) is 8.22. The molecular weight excluding hydrogens is 384 g/mol. The topological polar surface area (TPSA) is 38.8 Å². The van der Waals surface area contributed by atoms with Crippen LogP contribution in [0.2, 0.25) is 0 Å². The Labute approximate surface area is 188 Å². The van der Waals surface area contributed by atoms with Crippen LogP contribution in [-0.4, -0.2) is 79.0 Å². The number of nitrogens with one attached hydrogen (secondary N) is 1. The monoisotopic (exact) mass is 424 g/mol. The van der Waals surface area contributed by atoms with E-state index in [0.717, 1.165) is 64.4 Å². The van der Waals surface area contributed by atoms with Crippen molar-refractivity contribution in [3.8, 4) is 0 Å². The molecule has 5 heteroatoms. The Morgan fingerprint density at radius 2 is 1.90 bits per heavy atom. The quantitative estimate of drug-likeness (QED) is 0.810. The van der Waals surface area contributed by atoms with Crippen molar-refractivity contribution in [1.82, 2.24) is 20.0 Å². The van der Waals surface area contributed by atoms with E-state index >= 15 is 0 Å². The molecule has 0 bridgehead atoms. The number of hydrogen-bond donors (Lipinski definition) is 1. The second-order valence-corrected chi connectivity index (χ2v) is 10.7. The number of carbonyl (C=O) groups excluding carboxylic acids is 1. The van der Waals surface area contributed by atoms with E-state index in [4.69, 9.17) is 0 Å². The van der Waals surface area contributed by atoms with Crippen LogP contribution >= 0.6 is 0 Å². The van der Waals surface area contributed by atoms with Gasteiger partial charge in [-0.3, -0.25) is 9.69 Å². The third-order valence-corrected chi connectivity index (χ3v) is 8.50. The van der Waals surface area contributed by atoms with Crippen LogP contribution in [0, 0.1) is 11.8 Å². The van der Waals surface area contributed by atoms with Crippen molar-refractivity contribution < 1.29 is 4.79 Å². The van der Waals surface area contributed by atoms with Crippen molar-refractivity contribution in [2.75, 3.05) is 52.9 Å². The first kappa shape index (κ1) is 21.4. The van der Waals surface area contributed by atoms with E-state index in [2.05, 4.69) is 51.3 Å². The van der Waals surface area contributed by atoms with Crippen molar-refractivity contribution in [3.05, 3.63) is 35.4 Å². The Balaban J connectivity index is 1.43. The van der Waals surface area contributed by atoms with Crippen molar-refractivity contribution in [2.45, 2.75) is 57.0 Å². The van der Waals surface area contributed by atoms with Crippen LogP contribution in [0.5, 0.6) is 0 Å². The summed E-state index contributed by atoms with van der Waals surface area (Å²) < 4.78 is 0. The normalized spacial score (nSPS) is 31.0. The van der Waals surface area contributed by atoms with E-state index in [-0.39, 0.29) is 11.5 Å². The van der Waals surface area contributed by atoms with E-state index in [1.807, 2.05) is 0 Å². The average Bonchev–Trinajstić information content (AvgIpc) is 3.23. The molecule has 0 aromatic heterocycles. The molecule has 5 nitrogen and oxygen atoms in total. The molecule has 4 aliphatic rings. The molecule has 0 aliphatic carbocycles. The largest absolute Gasteiger partial charge is 0.336 e. The summed E-state index contributed by atoms with van der Waals surface area (Å²) in [7, 11) is 2.18. The van der Waals surface area contributed by atoms with Crippen LogP contribution in [0.4, 0.5) is 0 Å². The van der Waals surface area contributed by atoms with Gasteiger partial charge < -0.3 is 15.1 Å². The summed E-state index contributed by atoms with van der Waals surface area (Å²) in [6.45, 7) is 8.49. The fourth-order valence-corrected chi connectivity index (χ4v) is 6.58. The van der Waals surface area contributed by atoms with E-state index in [9.17, 15) is 4.79 Å². The summed E-state index contributed by atoms with van der Waals surface area (Å²) in [5.74, 6) is 1.37. The Hall–Kier alpha value is -1.43. The van der Waals surface area contributed by atoms with Crippen molar-refractivity contribution in [2.24, 2.45) is 11.8 Å². The molecule has 4 aliphatic heterocycles. The van der Waals surface area contributed by atoms with E-state index < -0.39 is 0 Å². The number of amides is 1. The number of nitrogens with zero attached hydrogens (tertiary/aromatic N) is 3. The molecule has 0 saturated carbocycles. The lowest BCUT2D eigenvalue weighted by Gasteiger charge is -2.50. The predicted octanol–water partition coefficient (Wildman–Crippen LogP) is 2.75. The van der Waals surface area contributed by atoms with Gasteiger partial charge in [0.05, 0.1) is 0 Å². The number of piperidine rings is 2. The highest BCUT2D eigenvalue weighted by molar-refractivity contribution is 5.79. The summed E-state index contributed by atoms with van der Waals surface area (Å²) >= 11 is 0. The molecule has 4 heterocycles. The summed E-state index contributed by atoms with van der Waals surface area (Å²) in [5, 5.41) is 3.56. The van der Waals surface area contributed by atoms with Crippen LogP contribution in [0.1, 0.15) is 49.7 Å². The molecule has 170 valence electrons. The highest BCUT2D eigenvalue weighted by atomic mass is 16.2. The molecule has 5 rings (SSSR count). The smallest absolute Gasteiger partial charge is 0.226 e. The highest BCUT2D eigenvalue weighted by Crippen LogP contribution is 2.38. The lowest BCUT2D eigenvalue weighted by molar-refractivity contribution is -0.140. The van der Waals surface area contributed by atoms with Crippen LogP contribution < -0.4 is 5.32 Å². The van der Waals surface area contributed by atoms with Gasteiger partial charge in [-0.1, -0.05) is 30.7 Å². The van der Waals surface area contributed by atoms with Gasteiger partial charge in [-0.2, -0.15) is 0 Å². The molecule has 1 N–H and O–H groups in total. The zero-order valence-corrected chi connectivity index (χ0v) is 19.3. The molecule has 1 spiro atoms. The fraction of sp³-hybridized carbons (Fsp3) is 0.731. The van der Waals surface area contributed by atoms with Crippen molar-refractivity contribution in [1.29, 1.82) is 0 Å². The van der Waals surface area contributed by atoms with Gasteiger partial charge in [-0.25, -0.2) is 0 Å². The molecule has 2 unspecified atom stereocenters. The van der Waals surface area contributed by atoms with E-state index in [0.29, 0.717) is 5.91 Å². The highest BCUT2D eigenvalue weighted by Gasteiger charge is 2.44. The molecule has 2 atom stereocenters. The van der Waals surface area contributed by atoms with Crippen LogP contribution in [0.15, 0.2) is 24.3 Å². The van der Waals surface area contributed by atoms with Crippen LogP contribution in [0.25, 0.3) is 0 Å². The maximum atomic E-state index is 13.8. The van der Waals surface area contributed by atoms with Gasteiger partial charge in [0.1, 0.15) is 0 Å². The van der Waals surface area contributed by atoms with Gasteiger partial charge in [0, 0.05) is 31.1 Å². The molecule has 1 amide bonds. The van der Waals surface area contributed by atoms with Crippen molar-refractivity contribution >= 4 is 5.91 Å². The fourth-order valence-electron chi connectivity index (χ4n) is 6.58. The van der Waals surface area contributed by atoms with Gasteiger partial charge in [0.25, 0.3) is 0 Å². The van der Waals surface area contributed by atoms with Crippen LogP contribution in [0.3, 0.4) is 0 Å². The van der Waals surface area contributed by atoms with E-state index in [1.54, 1.807) is 0 Å². The maximum absolute atomic E-state index is 13.8. The molecular formula is C26H40N4O. The van der Waals surface area contributed by atoms with Gasteiger partial charge in [-0.05, 0) is 95.3 Å². The number of rotatable bonds is 3. The zero-order chi connectivity index (χ0) is 21.3. The first-order valence-electron chi connectivity index (χ1n) is 12.6. The number of benzene rings is 1. The standard InChI is InChI=1S/C26H40N4O/c1-28-14-9-22(10-15-28)25(31)29-19-24-7-3-2-6-23(24)16-26(20-29)11-4-5-13-30(26)18-21-8-12-27-17-21/h2-3,6-7,21-22,27H,4-5,8-20H2,1H3. The molecule has 0 radical (unpaired) electrons. The zero-order valence-electron chi connectivity index (χ0n) is 19.3. The Morgan fingerprint density at radius 1 is 1.10 bits per heavy atom. The lowest BCUT2D eigenvalue weighted by Crippen LogP contribution is -2.60. The number of fused-ring (bicyclic) bond motifs is 1. The van der Waals surface area contributed by atoms with Crippen LogP contribution in [-0.2, 0) is 17.8 Å². The minimum absolute atomic E-state index is 0.106. The first-order chi connectivity index (χ1) is 15.1. The summed E-state index contributed by atoms with van der Waals surface area (Å²) in [4.78, 5) is 21.2. The molecule has 1 aromatic rings. The number of carbonyl (C=O) groups is 1. The number of likely N-dealkylation sites (tertiary alicyclic amines) is 2. The Morgan fingerprint density at radius 3 is 2.68 bits per heavy atom. The minimum atomic E-state index is 0.106. The number of hydrogen-bond acceptors (Lipinski definition) is 4. The molecule has 31 heavy (non-hydrogen) atoms.